The molecule has 0 saturated heterocycles. The van der Waals surface area contributed by atoms with Crippen LogP contribution in [0.3, 0.4) is 0 Å². The molecule has 0 radical (unpaired) electrons. The van der Waals surface area contributed by atoms with Gasteiger partial charge in [0.1, 0.15) is 6.17 Å². The molecule has 298 valence electrons. The van der Waals surface area contributed by atoms with Crippen LogP contribution in [0, 0.1) is 0 Å². The minimum Gasteiger partial charge on any atom is -0.356 e. The van der Waals surface area contributed by atoms with E-state index in [9.17, 15) is 0 Å². The van der Waals surface area contributed by atoms with Gasteiger partial charge in [-0.25, -0.2) is 0 Å². The number of rotatable bonds is 42. The third-order valence-electron chi connectivity index (χ3n) is 11.8. The summed E-state index contributed by atoms with van der Waals surface area (Å²) in [4.78, 5) is 5.47. The molecule has 0 bridgehead atoms. The lowest BCUT2D eigenvalue weighted by Gasteiger charge is -2.33. The summed E-state index contributed by atoms with van der Waals surface area (Å²) in [7, 11) is 0. The third-order valence-corrected chi connectivity index (χ3v) is 11.8. The number of unbranched alkanes of at least 4 members (excludes halogenated alkanes) is 36. The van der Waals surface area contributed by atoms with Crippen LogP contribution in [0.4, 0.5) is 0 Å². The molecular weight excluding hydrogens is 605 g/mol. The summed E-state index contributed by atoms with van der Waals surface area (Å²) in [6.45, 7) is 9.49. The Kier molecular flexibility index (Phi) is 37.5. The highest BCUT2D eigenvalue weighted by Crippen LogP contribution is 2.24. The second kappa shape index (κ2) is 39.5. The van der Waals surface area contributed by atoms with Gasteiger partial charge in [0.2, 0.25) is 0 Å². The zero-order valence-corrected chi connectivity index (χ0v) is 35.3. The Bertz CT molecular complexity index is 659. The lowest BCUT2D eigenvalue weighted by atomic mass is 10.0. The van der Waals surface area contributed by atoms with E-state index in [-0.39, 0.29) is 0 Å². The average molecular weight is 701 g/mol. The number of hydrogen-bond donors (Lipinski definition) is 0. The summed E-state index contributed by atoms with van der Waals surface area (Å²) in [6, 6.07) is 0. The molecule has 0 aromatic heterocycles. The maximum atomic E-state index is 2.74. The highest BCUT2D eigenvalue weighted by molar-refractivity contribution is 4.97. The van der Waals surface area contributed by atoms with Gasteiger partial charge in [-0.2, -0.15) is 0 Å². The molecule has 50 heavy (non-hydrogen) atoms. The van der Waals surface area contributed by atoms with Crippen molar-refractivity contribution in [3.8, 4) is 0 Å². The molecule has 1 aliphatic heterocycles. The van der Waals surface area contributed by atoms with Gasteiger partial charge >= 0.3 is 0 Å². The van der Waals surface area contributed by atoms with Crippen LogP contribution in [0.5, 0.6) is 0 Å². The van der Waals surface area contributed by atoms with Crippen molar-refractivity contribution in [1.82, 2.24) is 9.80 Å². The molecule has 1 rings (SSSR count). The number of hydrogen-bond acceptors (Lipinski definition) is 2. The van der Waals surface area contributed by atoms with Crippen molar-refractivity contribution in [2.45, 2.75) is 284 Å². The first-order valence-corrected chi connectivity index (χ1v) is 24.0. The van der Waals surface area contributed by atoms with E-state index in [1.807, 2.05) is 0 Å². The Labute approximate surface area is 318 Å². The van der Waals surface area contributed by atoms with Crippen LogP contribution in [-0.4, -0.2) is 29.1 Å². The van der Waals surface area contributed by atoms with Gasteiger partial charge in [-0.05, 0) is 25.7 Å². The quantitative estimate of drug-likeness (QED) is 0.0585. The third kappa shape index (κ3) is 30.9. The highest BCUT2D eigenvalue weighted by atomic mass is 15.4. The fourth-order valence-corrected chi connectivity index (χ4v) is 8.31. The Morgan fingerprint density at radius 1 is 0.260 bits per heavy atom. The Morgan fingerprint density at radius 3 is 0.700 bits per heavy atom. The van der Waals surface area contributed by atoms with E-state index >= 15 is 0 Å². The first kappa shape index (κ1) is 47.4. The van der Waals surface area contributed by atoms with E-state index in [1.165, 1.54) is 270 Å². The summed E-state index contributed by atoms with van der Waals surface area (Å²) in [5.41, 5.74) is 0. The zero-order chi connectivity index (χ0) is 35.8. The number of nitrogens with zero attached hydrogens (tertiary/aromatic N) is 2. The molecule has 2 nitrogen and oxygen atoms in total. The van der Waals surface area contributed by atoms with Gasteiger partial charge in [0.15, 0.2) is 0 Å². The fraction of sp³-hybridized carbons (Fsp3) is 0.958. The molecule has 2 heteroatoms. The molecule has 0 aliphatic carbocycles. The van der Waals surface area contributed by atoms with E-state index in [2.05, 4.69) is 43.0 Å². The summed E-state index contributed by atoms with van der Waals surface area (Å²) < 4.78 is 0. The molecule has 0 aromatic carbocycles. The van der Waals surface area contributed by atoms with Crippen LogP contribution >= 0.6 is 0 Å². The van der Waals surface area contributed by atoms with Gasteiger partial charge < -0.3 is 9.80 Å². The van der Waals surface area contributed by atoms with Gasteiger partial charge in [-0.1, -0.05) is 252 Å². The Hall–Kier alpha value is -0.660. The molecule has 0 amide bonds. The van der Waals surface area contributed by atoms with Crippen LogP contribution in [0.2, 0.25) is 0 Å². The van der Waals surface area contributed by atoms with Crippen molar-refractivity contribution in [3.05, 3.63) is 12.4 Å². The van der Waals surface area contributed by atoms with Crippen LogP contribution < -0.4 is 0 Å². The molecule has 0 spiro atoms. The van der Waals surface area contributed by atoms with E-state index in [4.69, 9.17) is 0 Å². The van der Waals surface area contributed by atoms with Gasteiger partial charge in [-0.3, -0.25) is 0 Å². The molecule has 0 fully saturated rings. The van der Waals surface area contributed by atoms with Crippen molar-refractivity contribution in [2.75, 3.05) is 13.1 Å². The van der Waals surface area contributed by atoms with Crippen LogP contribution in [0.25, 0.3) is 0 Å². The summed E-state index contributed by atoms with van der Waals surface area (Å²) in [6.07, 6.45) is 63.4. The second-order valence-corrected chi connectivity index (χ2v) is 16.8. The van der Waals surface area contributed by atoms with Crippen LogP contribution in [0.15, 0.2) is 12.4 Å². The Morgan fingerprint density at radius 2 is 0.460 bits per heavy atom. The smallest absolute Gasteiger partial charge is 0.101 e. The minimum absolute atomic E-state index is 0.637. The highest BCUT2D eigenvalue weighted by Gasteiger charge is 2.24. The Balaban J connectivity index is 2.19. The summed E-state index contributed by atoms with van der Waals surface area (Å²) in [5, 5.41) is 0. The first-order chi connectivity index (χ1) is 24.8. The van der Waals surface area contributed by atoms with Crippen molar-refractivity contribution >= 4 is 0 Å². The standard InChI is InChI=1S/C48H96N2/c1-4-7-10-13-16-19-22-24-25-26-27-30-33-36-39-42-45-50-47-46-49(44-41-38-35-32-29-21-18-15-12-9-6-3)48(50)43-40-37-34-31-28-23-20-17-14-11-8-5-2/h46-48H,4-45H2,1-3H3. The predicted molar refractivity (Wildman–Crippen MR) is 228 cm³/mol. The molecule has 0 aromatic rings. The molecule has 0 N–H and O–H groups in total. The van der Waals surface area contributed by atoms with Crippen molar-refractivity contribution in [3.63, 3.8) is 0 Å². The lowest BCUT2D eigenvalue weighted by molar-refractivity contribution is 0.135. The largest absolute Gasteiger partial charge is 0.356 e. The summed E-state index contributed by atoms with van der Waals surface area (Å²) in [5.74, 6) is 0. The zero-order valence-electron chi connectivity index (χ0n) is 35.3. The molecule has 1 heterocycles. The molecule has 1 atom stereocenters. The van der Waals surface area contributed by atoms with Crippen molar-refractivity contribution in [2.24, 2.45) is 0 Å². The SMILES string of the molecule is CCCCCCCCCCCCCCCCCCN1C=CN(CCCCCCCCCCCCC)C1CCCCCCCCCCCCCC. The molecular formula is C48H96N2. The van der Waals surface area contributed by atoms with E-state index in [1.54, 1.807) is 0 Å². The average Bonchev–Trinajstić information content (AvgIpc) is 3.51. The molecule has 1 unspecified atom stereocenters. The fourth-order valence-electron chi connectivity index (χ4n) is 8.31. The van der Waals surface area contributed by atoms with Gasteiger partial charge in [0, 0.05) is 25.5 Å². The monoisotopic (exact) mass is 701 g/mol. The van der Waals surface area contributed by atoms with Gasteiger partial charge in [0.05, 0.1) is 0 Å². The normalized spacial score (nSPS) is 14.5. The van der Waals surface area contributed by atoms with E-state index in [0.717, 1.165) is 0 Å². The van der Waals surface area contributed by atoms with Crippen molar-refractivity contribution < 1.29 is 0 Å². The maximum absolute atomic E-state index is 2.74. The molecule has 1 aliphatic rings. The van der Waals surface area contributed by atoms with E-state index in [0.29, 0.717) is 6.17 Å². The first-order valence-electron chi connectivity index (χ1n) is 24.0. The minimum atomic E-state index is 0.637. The molecule has 0 saturated carbocycles. The van der Waals surface area contributed by atoms with Gasteiger partial charge in [0.25, 0.3) is 0 Å². The topological polar surface area (TPSA) is 6.48 Å². The second-order valence-electron chi connectivity index (χ2n) is 16.8. The predicted octanol–water partition coefficient (Wildman–Crippen LogP) is 17.1. The maximum Gasteiger partial charge on any atom is 0.101 e. The van der Waals surface area contributed by atoms with E-state index < -0.39 is 0 Å². The lowest BCUT2D eigenvalue weighted by Crippen LogP contribution is -2.39. The summed E-state index contributed by atoms with van der Waals surface area (Å²) >= 11 is 0. The van der Waals surface area contributed by atoms with Gasteiger partial charge in [-0.15, -0.1) is 0 Å². The van der Waals surface area contributed by atoms with Crippen LogP contribution in [-0.2, 0) is 0 Å². The van der Waals surface area contributed by atoms with Crippen LogP contribution in [0.1, 0.15) is 278 Å². The van der Waals surface area contributed by atoms with Crippen molar-refractivity contribution in [1.29, 1.82) is 0 Å².